The van der Waals surface area contributed by atoms with Crippen molar-refractivity contribution in [2.45, 2.75) is 18.7 Å². The molecule has 6 nitrogen and oxygen atoms in total. The number of ether oxygens (including phenoxy) is 1. The van der Waals surface area contributed by atoms with Crippen LogP contribution in [0.2, 0.25) is 0 Å². The lowest BCUT2D eigenvalue weighted by Gasteiger charge is -2.03. The zero-order valence-corrected chi connectivity index (χ0v) is 15.4. The van der Waals surface area contributed by atoms with E-state index in [1.54, 1.807) is 17.8 Å². The van der Waals surface area contributed by atoms with Gasteiger partial charge in [0.05, 0.1) is 6.61 Å². The Morgan fingerprint density at radius 1 is 1.15 bits per heavy atom. The van der Waals surface area contributed by atoms with Gasteiger partial charge in [0.15, 0.2) is 0 Å². The number of anilines is 1. The van der Waals surface area contributed by atoms with Gasteiger partial charge >= 0.3 is 6.01 Å². The smallest absolute Gasteiger partial charge is 0.322 e. The van der Waals surface area contributed by atoms with E-state index in [2.05, 4.69) is 22.4 Å². The number of hydrogen-bond acceptors (Lipinski definition) is 6. The summed E-state index contributed by atoms with van der Waals surface area (Å²) in [6, 6.07) is 14.8. The van der Waals surface area contributed by atoms with Crippen molar-refractivity contribution in [2.24, 2.45) is 0 Å². The predicted octanol–water partition coefficient (Wildman–Crippen LogP) is 4.50. The minimum absolute atomic E-state index is 0.0624. The second kappa shape index (κ2) is 8.53. The number of nitrogens with zero attached hydrogens (tertiary/aromatic N) is 2. The van der Waals surface area contributed by atoms with Gasteiger partial charge in [-0.25, -0.2) is 0 Å². The van der Waals surface area contributed by atoms with Crippen molar-refractivity contribution < 1.29 is 13.9 Å². The summed E-state index contributed by atoms with van der Waals surface area (Å²) in [5, 5.41) is 10.5. The zero-order chi connectivity index (χ0) is 18.4. The van der Waals surface area contributed by atoms with Crippen LogP contribution in [0.5, 0.6) is 5.75 Å². The Kier molecular flexibility index (Phi) is 5.91. The van der Waals surface area contributed by atoms with E-state index in [-0.39, 0.29) is 11.9 Å². The number of benzene rings is 2. The van der Waals surface area contributed by atoms with Gasteiger partial charge in [0.25, 0.3) is 5.91 Å². The molecule has 7 heteroatoms. The first-order valence-corrected chi connectivity index (χ1v) is 9.29. The molecule has 0 saturated carbocycles. The van der Waals surface area contributed by atoms with Crippen LogP contribution in [-0.4, -0.2) is 28.5 Å². The fraction of sp³-hybridized carbons (Fsp3) is 0.211. The highest BCUT2D eigenvalue weighted by molar-refractivity contribution is 7.99. The molecule has 1 aromatic heterocycles. The number of hydrogen-bond donors (Lipinski definition) is 1. The topological polar surface area (TPSA) is 77.3 Å². The van der Waals surface area contributed by atoms with E-state index in [1.807, 2.05) is 49.4 Å². The summed E-state index contributed by atoms with van der Waals surface area (Å²) in [5.74, 6) is 1.76. The van der Waals surface area contributed by atoms with Crippen LogP contribution < -0.4 is 10.1 Å². The largest absolute Gasteiger partial charge is 0.494 e. The number of amides is 1. The maximum Gasteiger partial charge on any atom is 0.322 e. The number of rotatable bonds is 7. The van der Waals surface area contributed by atoms with Crippen LogP contribution in [-0.2, 0) is 0 Å². The maximum atomic E-state index is 12.4. The van der Waals surface area contributed by atoms with Gasteiger partial charge in [-0.2, -0.15) is 0 Å². The van der Waals surface area contributed by atoms with E-state index in [4.69, 9.17) is 9.15 Å². The zero-order valence-electron chi connectivity index (χ0n) is 14.6. The third-order valence-electron chi connectivity index (χ3n) is 3.46. The Hall–Kier alpha value is -2.80. The Bertz CT molecular complexity index is 878. The molecule has 0 bridgehead atoms. The fourth-order valence-electron chi connectivity index (χ4n) is 2.31. The monoisotopic (exact) mass is 369 g/mol. The maximum absolute atomic E-state index is 12.4. The Morgan fingerprint density at radius 3 is 2.69 bits per heavy atom. The van der Waals surface area contributed by atoms with Crippen molar-refractivity contribution in [3.8, 4) is 17.2 Å². The van der Waals surface area contributed by atoms with Crippen LogP contribution in [0.4, 0.5) is 6.01 Å². The van der Waals surface area contributed by atoms with Crippen LogP contribution in [0.15, 0.2) is 57.8 Å². The van der Waals surface area contributed by atoms with Crippen molar-refractivity contribution in [3.63, 3.8) is 0 Å². The number of carbonyl (C=O) groups excluding carboxylic acids is 1. The summed E-state index contributed by atoms with van der Waals surface area (Å²) in [4.78, 5) is 13.4. The highest BCUT2D eigenvalue weighted by Gasteiger charge is 2.13. The Balaban J connectivity index is 1.69. The van der Waals surface area contributed by atoms with Crippen LogP contribution in [0, 0.1) is 0 Å². The summed E-state index contributed by atoms with van der Waals surface area (Å²) in [6.45, 7) is 4.60. The molecule has 0 aliphatic carbocycles. The average molecular weight is 369 g/mol. The van der Waals surface area contributed by atoms with E-state index in [9.17, 15) is 4.79 Å². The van der Waals surface area contributed by atoms with Crippen molar-refractivity contribution in [1.29, 1.82) is 0 Å². The standard InChI is InChI=1S/C19H19N3O3S/c1-3-24-15-10-8-13(9-11-15)18-21-22-19(25-18)20-17(23)14-6-5-7-16(12-14)26-4-2/h5-12H,3-4H2,1-2H3,(H,20,22,23). The highest BCUT2D eigenvalue weighted by Crippen LogP contribution is 2.23. The lowest BCUT2D eigenvalue weighted by molar-refractivity contribution is 0.102. The van der Waals surface area contributed by atoms with Gasteiger partial charge < -0.3 is 9.15 Å². The molecule has 1 N–H and O–H groups in total. The predicted molar refractivity (Wildman–Crippen MR) is 102 cm³/mol. The quantitative estimate of drug-likeness (QED) is 0.618. The Labute approximate surface area is 156 Å². The number of thioether (sulfide) groups is 1. The molecule has 0 spiro atoms. The van der Waals surface area contributed by atoms with E-state index in [0.29, 0.717) is 18.1 Å². The molecule has 0 aliphatic rings. The molecule has 0 atom stereocenters. The lowest BCUT2D eigenvalue weighted by atomic mass is 10.2. The summed E-state index contributed by atoms with van der Waals surface area (Å²) < 4.78 is 10.9. The van der Waals surface area contributed by atoms with Gasteiger partial charge in [-0.15, -0.1) is 16.9 Å². The minimum atomic E-state index is -0.287. The molecule has 134 valence electrons. The molecule has 3 aromatic rings. The molecular formula is C19H19N3O3S. The van der Waals surface area contributed by atoms with Crippen molar-refractivity contribution in [2.75, 3.05) is 17.7 Å². The second-order valence-electron chi connectivity index (χ2n) is 5.28. The molecule has 1 heterocycles. The molecule has 26 heavy (non-hydrogen) atoms. The first kappa shape index (κ1) is 18.0. The first-order valence-electron chi connectivity index (χ1n) is 8.30. The SMILES string of the molecule is CCOc1ccc(-c2nnc(NC(=O)c3cccc(SCC)c3)o2)cc1. The molecule has 1 amide bonds. The number of aromatic nitrogens is 2. The number of carbonyl (C=O) groups is 1. The van der Waals surface area contributed by atoms with E-state index >= 15 is 0 Å². The molecule has 0 unspecified atom stereocenters. The third kappa shape index (κ3) is 4.43. The van der Waals surface area contributed by atoms with Gasteiger partial charge in [-0.3, -0.25) is 10.1 Å². The van der Waals surface area contributed by atoms with E-state index in [1.165, 1.54) is 0 Å². The minimum Gasteiger partial charge on any atom is -0.494 e. The van der Waals surface area contributed by atoms with Gasteiger partial charge in [0, 0.05) is 16.0 Å². The van der Waals surface area contributed by atoms with Crippen LogP contribution in [0.25, 0.3) is 11.5 Å². The summed E-state index contributed by atoms with van der Waals surface area (Å²) in [7, 11) is 0. The molecule has 0 radical (unpaired) electrons. The van der Waals surface area contributed by atoms with Crippen molar-refractivity contribution in [1.82, 2.24) is 10.2 Å². The van der Waals surface area contributed by atoms with E-state index in [0.717, 1.165) is 22.0 Å². The summed E-state index contributed by atoms with van der Waals surface area (Å²) >= 11 is 1.68. The number of nitrogens with one attached hydrogen (secondary N) is 1. The molecular weight excluding hydrogens is 350 g/mol. The van der Waals surface area contributed by atoms with Crippen LogP contribution in [0.3, 0.4) is 0 Å². The van der Waals surface area contributed by atoms with Gasteiger partial charge in [0.1, 0.15) is 5.75 Å². The molecule has 0 fully saturated rings. The van der Waals surface area contributed by atoms with Gasteiger partial charge in [-0.1, -0.05) is 18.1 Å². The molecule has 2 aromatic carbocycles. The second-order valence-corrected chi connectivity index (χ2v) is 6.62. The highest BCUT2D eigenvalue weighted by atomic mass is 32.2. The lowest BCUT2D eigenvalue weighted by Crippen LogP contribution is -2.12. The van der Waals surface area contributed by atoms with Crippen molar-refractivity contribution >= 4 is 23.7 Å². The molecule has 0 saturated heterocycles. The van der Waals surface area contributed by atoms with Crippen molar-refractivity contribution in [3.05, 3.63) is 54.1 Å². The molecule has 3 rings (SSSR count). The van der Waals surface area contributed by atoms with Crippen LogP contribution >= 0.6 is 11.8 Å². The average Bonchev–Trinajstić information content (AvgIpc) is 3.11. The van der Waals surface area contributed by atoms with E-state index < -0.39 is 0 Å². The molecule has 0 aliphatic heterocycles. The third-order valence-corrected chi connectivity index (χ3v) is 4.34. The summed E-state index contributed by atoms with van der Waals surface area (Å²) in [6.07, 6.45) is 0. The summed E-state index contributed by atoms with van der Waals surface area (Å²) in [5.41, 5.74) is 1.30. The normalized spacial score (nSPS) is 10.5. The fourth-order valence-corrected chi connectivity index (χ4v) is 3.03. The van der Waals surface area contributed by atoms with Gasteiger partial charge in [0.2, 0.25) is 5.89 Å². The first-order chi connectivity index (χ1) is 12.7. The Morgan fingerprint density at radius 2 is 1.96 bits per heavy atom. The van der Waals surface area contributed by atoms with Crippen LogP contribution in [0.1, 0.15) is 24.2 Å². The van der Waals surface area contributed by atoms with Gasteiger partial charge in [-0.05, 0) is 55.1 Å².